The van der Waals surface area contributed by atoms with Gasteiger partial charge in [0, 0.05) is 44.4 Å². The first kappa shape index (κ1) is 87.7. The Labute approximate surface area is 614 Å². The summed E-state index contributed by atoms with van der Waals surface area (Å²) in [5, 5.41) is 75.6. The normalized spacial score (nSPS) is 20.6. The Morgan fingerprint density at radius 1 is 0.561 bits per heavy atom. The quantitative estimate of drug-likeness (QED) is 0.0102. The van der Waals surface area contributed by atoms with Gasteiger partial charge in [0.25, 0.3) is 16.0 Å². The van der Waals surface area contributed by atoms with Crippen LogP contribution in [0.25, 0.3) is 0 Å². The highest BCUT2D eigenvalue weighted by Crippen LogP contribution is 2.16. The van der Waals surface area contributed by atoms with E-state index in [1.165, 1.54) is 30.3 Å². The van der Waals surface area contributed by atoms with Crippen molar-refractivity contribution in [2.45, 2.75) is 177 Å². The number of rotatable bonds is 34. The van der Waals surface area contributed by atoms with Crippen LogP contribution in [0.1, 0.15) is 134 Å². The van der Waals surface area contributed by atoms with E-state index in [0.29, 0.717) is 0 Å². The molecular formula is C64H96N22O20S. The minimum Gasteiger partial charge on any atom is -0.481 e. The molecule has 1 unspecified atom stereocenters. The first-order chi connectivity index (χ1) is 50.5. The molecule has 13 amide bonds. The van der Waals surface area contributed by atoms with E-state index in [-0.39, 0.29) is 126 Å². The SMILES string of the molecule is CC(C)[C@@H]1NC(=O)[C@@H](CCCNC(=N)N)NC(=O)CNC(=O)[C@@H](CC(=O)O)NC(=O)C(CCCCNC(=O)[C@H](CCC(=O)NCCCC[C@H]2NC(=O)[C@H](C(C)C)NC(=O)[C@@H](CCCNC(=N)N)NC(=O)CNC(=O)[C@@H](CC(=O)O)NC2=O)NC(=O)c2ccc(NN=Cc3ccccc3S(=O)(=O)O)nc2)NC1=O. The minimum absolute atomic E-state index is 0.0205. The van der Waals surface area contributed by atoms with Crippen molar-refractivity contribution in [3.63, 3.8) is 0 Å². The Bertz CT molecular complexity index is 3690. The van der Waals surface area contributed by atoms with E-state index >= 15 is 0 Å². The number of carbonyl (C=O) groups is 15. The van der Waals surface area contributed by atoms with Gasteiger partial charge >= 0.3 is 11.9 Å². The molecule has 0 aliphatic carbocycles. The molecule has 588 valence electrons. The van der Waals surface area contributed by atoms with Gasteiger partial charge in [0.15, 0.2) is 11.9 Å². The largest absolute Gasteiger partial charge is 0.481 e. The van der Waals surface area contributed by atoms with Gasteiger partial charge in [-0.25, -0.2) is 4.98 Å². The Morgan fingerprint density at radius 3 is 1.43 bits per heavy atom. The summed E-state index contributed by atoms with van der Waals surface area (Å²) in [6, 6.07) is -5.15. The highest BCUT2D eigenvalue weighted by atomic mass is 32.2. The van der Waals surface area contributed by atoms with Gasteiger partial charge in [-0.1, -0.05) is 45.9 Å². The van der Waals surface area contributed by atoms with Crippen LogP contribution in [0.4, 0.5) is 5.82 Å². The number of nitrogens with two attached hydrogens (primary N) is 2. The third-order valence-electron chi connectivity index (χ3n) is 16.3. The Hall–Kier alpha value is -11.7. The molecule has 43 heteroatoms. The van der Waals surface area contributed by atoms with Crippen LogP contribution in [-0.2, 0) is 77.2 Å². The number of aromatic nitrogens is 1. The average molecular weight is 1530 g/mol. The van der Waals surface area contributed by atoms with Gasteiger partial charge in [-0.2, -0.15) is 13.5 Å². The molecular weight excluding hydrogens is 1430 g/mol. The van der Waals surface area contributed by atoms with Gasteiger partial charge in [0.2, 0.25) is 70.9 Å². The summed E-state index contributed by atoms with van der Waals surface area (Å²) >= 11 is 0. The molecule has 2 aliphatic heterocycles. The van der Waals surface area contributed by atoms with Crippen LogP contribution in [0.5, 0.6) is 0 Å². The van der Waals surface area contributed by atoms with E-state index in [4.69, 9.17) is 22.3 Å². The number of pyridine rings is 1. The van der Waals surface area contributed by atoms with Crippen molar-refractivity contribution in [3.8, 4) is 0 Å². The highest BCUT2D eigenvalue weighted by Gasteiger charge is 2.37. The lowest BCUT2D eigenvalue weighted by molar-refractivity contribution is -0.141. The first-order valence-corrected chi connectivity index (χ1v) is 35.7. The van der Waals surface area contributed by atoms with Crippen LogP contribution in [0.3, 0.4) is 0 Å². The molecule has 1 aromatic carbocycles. The number of hydrogen-bond donors (Lipinski definition) is 23. The summed E-state index contributed by atoms with van der Waals surface area (Å²) in [6.45, 7) is 4.86. The summed E-state index contributed by atoms with van der Waals surface area (Å²) < 4.78 is 33.3. The fourth-order valence-corrected chi connectivity index (χ4v) is 11.3. The summed E-state index contributed by atoms with van der Waals surface area (Å²) in [7, 11) is -4.61. The molecule has 2 aliphatic rings. The first-order valence-electron chi connectivity index (χ1n) is 34.3. The second-order valence-electron chi connectivity index (χ2n) is 25.6. The number of guanidine groups is 2. The maximum Gasteiger partial charge on any atom is 0.305 e. The van der Waals surface area contributed by atoms with Crippen molar-refractivity contribution in [3.05, 3.63) is 53.7 Å². The molecule has 2 saturated heterocycles. The molecule has 0 bridgehead atoms. The zero-order valence-corrected chi connectivity index (χ0v) is 60.2. The molecule has 2 aromatic rings. The number of nitrogens with one attached hydrogen (secondary N) is 18. The van der Waals surface area contributed by atoms with Gasteiger partial charge in [-0.15, -0.1) is 0 Å². The molecule has 4 rings (SSSR count). The summed E-state index contributed by atoms with van der Waals surface area (Å²) in [6.07, 6.45) is -0.295. The lowest BCUT2D eigenvalue weighted by Crippen LogP contribution is -2.59. The Balaban J connectivity index is 1.53. The van der Waals surface area contributed by atoms with Gasteiger partial charge in [-0.05, 0) is 101 Å². The van der Waals surface area contributed by atoms with Crippen molar-refractivity contribution >= 4 is 123 Å². The van der Waals surface area contributed by atoms with Crippen molar-refractivity contribution in [1.82, 2.24) is 84.7 Å². The number of aliphatic carboxylic acids is 2. The molecule has 2 fully saturated rings. The molecule has 107 heavy (non-hydrogen) atoms. The lowest BCUT2D eigenvalue weighted by Gasteiger charge is -2.27. The summed E-state index contributed by atoms with van der Waals surface area (Å²) in [5.74, 6) is -16.6. The van der Waals surface area contributed by atoms with Crippen LogP contribution in [0.2, 0.25) is 0 Å². The van der Waals surface area contributed by atoms with Gasteiger partial charge in [0.05, 0.1) is 37.7 Å². The van der Waals surface area contributed by atoms with E-state index in [9.17, 15) is 95.1 Å². The van der Waals surface area contributed by atoms with Crippen LogP contribution < -0.4 is 96.6 Å². The number of hydrazone groups is 1. The van der Waals surface area contributed by atoms with Gasteiger partial charge in [-0.3, -0.25) is 92.7 Å². The highest BCUT2D eigenvalue weighted by molar-refractivity contribution is 7.86. The van der Waals surface area contributed by atoms with Crippen molar-refractivity contribution < 1.29 is 95.1 Å². The lowest BCUT2D eigenvalue weighted by atomic mass is 10.0. The third kappa shape index (κ3) is 32.1. The zero-order valence-electron chi connectivity index (χ0n) is 59.4. The minimum atomic E-state index is -4.61. The van der Waals surface area contributed by atoms with Crippen molar-refractivity contribution in [2.24, 2.45) is 28.4 Å². The second kappa shape index (κ2) is 44.2. The second-order valence-corrected chi connectivity index (χ2v) is 26.9. The fourth-order valence-electron chi connectivity index (χ4n) is 10.6. The molecule has 0 spiro atoms. The zero-order chi connectivity index (χ0) is 79.5. The number of carboxylic acid groups (broad SMARTS) is 2. The Kier molecular flexibility index (Phi) is 36.3. The van der Waals surface area contributed by atoms with Crippen LogP contribution in [0.15, 0.2) is 52.6 Å². The molecule has 0 radical (unpaired) electrons. The molecule has 9 atom stereocenters. The maximum absolute atomic E-state index is 14.1. The summed E-state index contributed by atoms with van der Waals surface area (Å²) in [5.41, 5.74) is 13.2. The van der Waals surface area contributed by atoms with Crippen molar-refractivity contribution in [1.29, 1.82) is 10.8 Å². The van der Waals surface area contributed by atoms with Crippen LogP contribution in [-0.4, -0.2) is 229 Å². The molecule has 25 N–H and O–H groups in total. The summed E-state index contributed by atoms with van der Waals surface area (Å²) in [4.78, 5) is 205. The molecule has 3 heterocycles. The van der Waals surface area contributed by atoms with E-state index in [2.05, 4.69) is 95.3 Å². The van der Waals surface area contributed by atoms with Crippen LogP contribution >= 0.6 is 0 Å². The van der Waals surface area contributed by atoms with Crippen molar-refractivity contribution in [2.75, 3.05) is 44.7 Å². The standard InChI is InChI=1S/C64H96N22O20S/c1-33(2)51-61(102)80-39(57(98)82-42(27-49(90)91)55(96)74-31-47(88)77-37(59(100)84-51)16-11-25-71-63(65)66)14-7-9-23-69-46(87)22-20-41(79-53(94)36-19-21-45(73-29-36)86-76-30-35-13-5-6-18-44(35)107(104,105)106)54(95)70-24-10-8-15-40-58(99)83-43(28-50(92)93)56(97)75-32-48(89)78-38(17-12-26-72-64(67)68)60(101)85-52(34(3)4)62(103)81-40/h5-6,13,18-19,21,29-30,33-34,37-43,51-52H,7-12,14-17,20,22-28,31-32H2,1-4H3,(H,69,87)(H,70,95)(H,73,86)(H,74,96)(H,75,97)(H,77,88)(H,78,89)(H,79,94)(H,80,102)(H,81,103)(H,82,98)(H,83,99)(H,84,100)(H,85,101)(H,90,91)(H,92,93)(H4,65,66,71)(H4,67,68,72)(H,104,105,106)/t37-,38-,39-,40?,41+,42-,43-,51+,52+/m1/s1. The molecule has 0 saturated carbocycles. The van der Waals surface area contributed by atoms with Crippen LogP contribution in [0, 0.1) is 22.7 Å². The van der Waals surface area contributed by atoms with E-state index in [1.807, 2.05) is 0 Å². The molecule has 42 nitrogen and oxygen atoms in total. The average Bonchev–Trinajstić information content (AvgIpc) is 0.960. The monoisotopic (exact) mass is 1520 g/mol. The van der Waals surface area contributed by atoms with E-state index < -0.39 is 202 Å². The number of amides is 13. The van der Waals surface area contributed by atoms with Gasteiger partial charge in [0.1, 0.15) is 65.1 Å². The topological polar surface area (TPSA) is 668 Å². The third-order valence-corrected chi connectivity index (χ3v) is 17.2. The predicted octanol–water partition coefficient (Wildman–Crippen LogP) is -5.85. The maximum atomic E-state index is 14.1. The van der Waals surface area contributed by atoms with E-state index in [0.717, 1.165) is 18.5 Å². The number of anilines is 1. The van der Waals surface area contributed by atoms with E-state index in [1.54, 1.807) is 27.7 Å². The predicted molar refractivity (Wildman–Crippen MR) is 380 cm³/mol. The number of carboxylic acids is 2. The molecule has 1 aromatic heterocycles. The number of benzene rings is 1. The number of nitrogens with zero attached hydrogens (tertiary/aromatic N) is 2. The number of hydrogen-bond acceptors (Lipinski definition) is 22. The number of carbonyl (C=O) groups excluding carboxylic acids is 13. The van der Waals surface area contributed by atoms with Gasteiger partial charge < -0.3 is 101 Å². The Morgan fingerprint density at radius 2 is 0.991 bits per heavy atom. The smallest absolute Gasteiger partial charge is 0.305 e. The number of unbranched alkanes of at least 4 members (excludes halogenated alkanes) is 2. The fraction of sp³-hybridized carbons (Fsp3) is 0.547.